The standard InChI is InChI=1S/C15H20FNO3/c1-11(14(18)17-13(10-16)15(19)20)6-5-9-12-7-3-2-4-8-12/h2-4,7-8,11,13H,5-6,9-10H2,1H3,(H,17,18)(H,19,20). The summed E-state index contributed by atoms with van der Waals surface area (Å²) in [6.45, 7) is 0.620. The summed E-state index contributed by atoms with van der Waals surface area (Å²) in [4.78, 5) is 22.4. The summed E-state index contributed by atoms with van der Waals surface area (Å²) in [5.41, 5.74) is 1.20. The zero-order valence-corrected chi connectivity index (χ0v) is 11.5. The summed E-state index contributed by atoms with van der Waals surface area (Å²) in [6.07, 6.45) is 2.33. The minimum absolute atomic E-state index is 0.327. The first-order valence-electron chi connectivity index (χ1n) is 6.67. The summed E-state index contributed by atoms with van der Waals surface area (Å²) in [5, 5.41) is 10.9. The number of rotatable bonds is 8. The van der Waals surface area contributed by atoms with E-state index in [1.165, 1.54) is 5.56 Å². The number of hydrogen-bond donors (Lipinski definition) is 2. The Morgan fingerprint density at radius 1 is 1.30 bits per heavy atom. The van der Waals surface area contributed by atoms with Crippen molar-refractivity contribution in [2.75, 3.05) is 6.67 Å². The Labute approximate surface area is 118 Å². The van der Waals surface area contributed by atoms with Crippen LogP contribution in [0, 0.1) is 5.92 Å². The second kappa shape index (κ2) is 8.30. The fourth-order valence-electron chi connectivity index (χ4n) is 1.87. The molecule has 0 fully saturated rings. The van der Waals surface area contributed by atoms with E-state index in [4.69, 9.17) is 5.11 Å². The lowest BCUT2D eigenvalue weighted by atomic mass is 10.00. The van der Waals surface area contributed by atoms with Crippen molar-refractivity contribution in [3.8, 4) is 0 Å². The van der Waals surface area contributed by atoms with Gasteiger partial charge in [-0.25, -0.2) is 9.18 Å². The highest BCUT2D eigenvalue weighted by atomic mass is 19.1. The van der Waals surface area contributed by atoms with Gasteiger partial charge in [0.25, 0.3) is 0 Å². The molecule has 0 aliphatic rings. The Kier molecular flexibility index (Phi) is 6.70. The van der Waals surface area contributed by atoms with Gasteiger partial charge in [0.2, 0.25) is 5.91 Å². The van der Waals surface area contributed by atoms with E-state index in [2.05, 4.69) is 5.32 Å². The number of aryl methyl sites for hydroxylation is 1. The Bertz CT molecular complexity index is 436. The molecule has 1 amide bonds. The molecule has 0 heterocycles. The van der Waals surface area contributed by atoms with Crippen molar-refractivity contribution in [2.24, 2.45) is 5.92 Å². The molecule has 0 spiro atoms. The molecule has 4 nitrogen and oxygen atoms in total. The molecule has 20 heavy (non-hydrogen) atoms. The maximum Gasteiger partial charge on any atom is 0.328 e. The molecule has 110 valence electrons. The van der Waals surface area contributed by atoms with Gasteiger partial charge in [0.05, 0.1) is 0 Å². The Morgan fingerprint density at radius 3 is 2.50 bits per heavy atom. The number of amides is 1. The van der Waals surface area contributed by atoms with E-state index in [0.29, 0.717) is 6.42 Å². The van der Waals surface area contributed by atoms with Crippen LogP contribution in [0.2, 0.25) is 0 Å². The SMILES string of the molecule is CC(CCCc1ccccc1)C(=O)NC(CF)C(=O)O. The van der Waals surface area contributed by atoms with Crippen molar-refractivity contribution in [3.63, 3.8) is 0 Å². The predicted molar refractivity (Wildman–Crippen MR) is 74.1 cm³/mol. The highest BCUT2D eigenvalue weighted by molar-refractivity contribution is 5.84. The normalized spacial score (nSPS) is 13.5. The first kappa shape index (κ1) is 16.1. The maximum atomic E-state index is 12.4. The Hall–Kier alpha value is -1.91. The van der Waals surface area contributed by atoms with Gasteiger partial charge in [0.1, 0.15) is 6.67 Å². The van der Waals surface area contributed by atoms with Crippen molar-refractivity contribution < 1.29 is 19.1 Å². The van der Waals surface area contributed by atoms with Gasteiger partial charge in [-0.2, -0.15) is 0 Å². The molecule has 2 atom stereocenters. The molecular formula is C15H20FNO3. The molecule has 2 N–H and O–H groups in total. The van der Waals surface area contributed by atoms with Crippen molar-refractivity contribution in [1.82, 2.24) is 5.32 Å². The van der Waals surface area contributed by atoms with E-state index in [1.807, 2.05) is 30.3 Å². The van der Waals surface area contributed by atoms with Gasteiger partial charge in [-0.15, -0.1) is 0 Å². The first-order chi connectivity index (χ1) is 9.54. The highest BCUT2D eigenvalue weighted by Gasteiger charge is 2.22. The van der Waals surface area contributed by atoms with E-state index >= 15 is 0 Å². The Balaban J connectivity index is 2.33. The highest BCUT2D eigenvalue weighted by Crippen LogP contribution is 2.11. The minimum Gasteiger partial charge on any atom is -0.480 e. The fourth-order valence-corrected chi connectivity index (χ4v) is 1.87. The summed E-state index contributed by atoms with van der Waals surface area (Å²) >= 11 is 0. The van der Waals surface area contributed by atoms with E-state index < -0.39 is 24.6 Å². The number of alkyl halides is 1. The van der Waals surface area contributed by atoms with Crippen LogP contribution in [0.25, 0.3) is 0 Å². The zero-order chi connectivity index (χ0) is 15.0. The van der Waals surface area contributed by atoms with Crippen LogP contribution >= 0.6 is 0 Å². The largest absolute Gasteiger partial charge is 0.480 e. The molecule has 0 aliphatic heterocycles. The average molecular weight is 281 g/mol. The lowest BCUT2D eigenvalue weighted by Crippen LogP contribution is -2.44. The monoisotopic (exact) mass is 281 g/mol. The van der Waals surface area contributed by atoms with E-state index in [1.54, 1.807) is 6.92 Å². The molecule has 0 aliphatic carbocycles. The molecule has 0 radical (unpaired) electrons. The molecule has 0 aromatic heterocycles. The Morgan fingerprint density at radius 2 is 1.95 bits per heavy atom. The maximum absolute atomic E-state index is 12.4. The molecule has 0 saturated carbocycles. The number of carbonyl (C=O) groups is 2. The summed E-state index contributed by atoms with van der Waals surface area (Å²) in [6, 6.07) is 8.47. The second-order valence-corrected chi connectivity index (χ2v) is 4.83. The number of carboxylic acid groups (broad SMARTS) is 1. The molecule has 1 rings (SSSR count). The molecule has 1 aromatic rings. The molecule has 2 unspecified atom stereocenters. The van der Waals surface area contributed by atoms with Crippen LogP contribution in [0.15, 0.2) is 30.3 Å². The molecule has 0 bridgehead atoms. The van der Waals surface area contributed by atoms with Gasteiger partial charge < -0.3 is 10.4 Å². The lowest BCUT2D eigenvalue weighted by molar-refractivity contribution is -0.142. The van der Waals surface area contributed by atoms with Crippen LogP contribution < -0.4 is 5.32 Å². The summed E-state index contributed by atoms with van der Waals surface area (Å²) in [7, 11) is 0. The van der Waals surface area contributed by atoms with Crippen LogP contribution in [0.3, 0.4) is 0 Å². The molecular weight excluding hydrogens is 261 g/mol. The molecule has 0 saturated heterocycles. The van der Waals surface area contributed by atoms with Crippen LogP contribution in [-0.2, 0) is 16.0 Å². The third-order valence-electron chi connectivity index (χ3n) is 3.16. The first-order valence-corrected chi connectivity index (χ1v) is 6.67. The molecule has 1 aromatic carbocycles. The second-order valence-electron chi connectivity index (χ2n) is 4.83. The number of carboxylic acids is 1. The minimum atomic E-state index is -1.45. The number of nitrogens with one attached hydrogen (secondary N) is 1. The lowest BCUT2D eigenvalue weighted by Gasteiger charge is -2.15. The fraction of sp³-hybridized carbons (Fsp3) is 0.467. The van der Waals surface area contributed by atoms with E-state index in [9.17, 15) is 14.0 Å². The van der Waals surface area contributed by atoms with Gasteiger partial charge in [-0.05, 0) is 24.8 Å². The van der Waals surface area contributed by atoms with Crippen LogP contribution in [0.5, 0.6) is 0 Å². The number of carbonyl (C=O) groups excluding carboxylic acids is 1. The van der Waals surface area contributed by atoms with E-state index in [0.717, 1.165) is 12.8 Å². The summed E-state index contributed by atoms with van der Waals surface area (Å²) < 4.78 is 12.4. The predicted octanol–water partition coefficient (Wildman–Crippen LogP) is 2.18. The third kappa shape index (κ3) is 5.38. The van der Waals surface area contributed by atoms with Crippen LogP contribution in [0.4, 0.5) is 4.39 Å². The quantitative estimate of drug-likeness (QED) is 0.767. The van der Waals surface area contributed by atoms with Gasteiger partial charge >= 0.3 is 5.97 Å². The van der Waals surface area contributed by atoms with Crippen LogP contribution in [0.1, 0.15) is 25.3 Å². The average Bonchev–Trinajstić information content (AvgIpc) is 2.45. The smallest absolute Gasteiger partial charge is 0.328 e. The van der Waals surface area contributed by atoms with Gasteiger partial charge in [0, 0.05) is 5.92 Å². The van der Waals surface area contributed by atoms with Crippen molar-refractivity contribution >= 4 is 11.9 Å². The van der Waals surface area contributed by atoms with Crippen molar-refractivity contribution in [3.05, 3.63) is 35.9 Å². The third-order valence-corrected chi connectivity index (χ3v) is 3.16. The van der Waals surface area contributed by atoms with Crippen LogP contribution in [-0.4, -0.2) is 29.7 Å². The van der Waals surface area contributed by atoms with Gasteiger partial charge in [0.15, 0.2) is 6.04 Å². The van der Waals surface area contributed by atoms with Crippen molar-refractivity contribution in [1.29, 1.82) is 0 Å². The van der Waals surface area contributed by atoms with Crippen molar-refractivity contribution in [2.45, 2.75) is 32.2 Å². The number of halogens is 1. The topological polar surface area (TPSA) is 66.4 Å². The van der Waals surface area contributed by atoms with Gasteiger partial charge in [-0.3, -0.25) is 4.79 Å². The summed E-state index contributed by atoms with van der Waals surface area (Å²) in [5.74, 6) is -2.09. The number of hydrogen-bond acceptors (Lipinski definition) is 2. The zero-order valence-electron chi connectivity index (χ0n) is 11.5. The number of benzene rings is 1. The number of aliphatic carboxylic acids is 1. The van der Waals surface area contributed by atoms with Gasteiger partial charge in [-0.1, -0.05) is 37.3 Å². The molecule has 5 heteroatoms. The van der Waals surface area contributed by atoms with E-state index in [-0.39, 0.29) is 5.92 Å².